The van der Waals surface area contributed by atoms with Crippen molar-refractivity contribution in [2.24, 2.45) is 10.1 Å². The van der Waals surface area contributed by atoms with Gasteiger partial charge in [-0.3, -0.25) is 4.72 Å². The van der Waals surface area contributed by atoms with Gasteiger partial charge >= 0.3 is 6.03 Å². The average molecular weight is 289 g/mol. The predicted octanol–water partition coefficient (Wildman–Crippen LogP) is 2.93. The van der Waals surface area contributed by atoms with Crippen LogP contribution in [0.4, 0.5) is 10.5 Å². The highest BCUT2D eigenvalue weighted by Crippen LogP contribution is 2.18. The molecule has 3 N–H and O–H groups in total. The van der Waals surface area contributed by atoms with Crippen molar-refractivity contribution in [3.8, 4) is 0 Å². The first-order valence-corrected chi connectivity index (χ1v) is 7.47. The van der Waals surface area contributed by atoms with Gasteiger partial charge in [-0.1, -0.05) is 35.9 Å². The van der Waals surface area contributed by atoms with E-state index in [1.165, 1.54) is 0 Å². The number of benzene rings is 2. The van der Waals surface area contributed by atoms with E-state index in [0.717, 1.165) is 5.56 Å². The molecule has 104 valence electrons. The van der Waals surface area contributed by atoms with Gasteiger partial charge in [0.05, 0.1) is 4.90 Å². The number of nitrogens with two attached hydrogens (primary N) is 1. The number of anilines is 1. The summed E-state index contributed by atoms with van der Waals surface area (Å²) in [6, 6.07) is 14.9. The van der Waals surface area contributed by atoms with Gasteiger partial charge in [-0.15, -0.1) is 4.36 Å². The molecule has 20 heavy (non-hydrogen) atoms. The fourth-order valence-corrected chi connectivity index (χ4v) is 3.13. The monoisotopic (exact) mass is 289 g/mol. The average Bonchev–Trinajstić information content (AvgIpc) is 2.39. The van der Waals surface area contributed by atoms with E-state index in [1.54, 1.807) is 48.5 Å². The smallest absolute Gasteiger partial charge is 0.348 e. The lowest BCUT2D eigenvalue weighted by molar-refractivity contribution is 0.257. The maximum atomic E-state index is 12.9. The lowest BCUT2D eigenvalue weighted by atomic mass is 10.2. The zero-order valence-electron chi connectivity index (χ0n) is 10.9. The summed E-state index contributed by atoms with van der Waals surface area (Å²) in [4.78, 5) is 11.5. The molecule has 0 aliphatic rings. The van der Waals surface area contributed by atoms with Crippen molar-refractivity contribution in [3.05, 3.63) is 60.2 Å². The predicted molar refractivity (Wildman–Crippen MR) is 79.7 cm³/mol. The van der Waals surface area contributed by atoms with Crippen LogP contribution in [0.5, 0.6) is 0 Å². The quantitative estimate of drug-likeness (QED) is 0.910. The lowest BCUT2D eigenvalue weighted by Gasteiger charge is -2.12. The van der Waals surface area contributed by atoms with Crippen LogP contribution in [0.2, 0.25) is 0 Å². The third-order valence-electron chi connectivity index (χ3n) is 2.59. The number of carbonyl (C=O) groups excluding carboxylic acids is 1. The van der Waals surface area contributed by atoms with Gasteiger partial charge in [0.1, 0.15) is 0 Å². The minimum absolute atomic E-state index is 0.408. The topological polar surface area (TPSA) is 84.6 Å². The van der Waals surface area contributed by atoms with E-state index in [1.807, 2.05) is 13.0 Å². The normalized spacial score (nSPS) is 13.2. The maximum absolute atomic E-state index is 12.9. The third-order valence-corrected chi connectivity index (χ3v) is 4.45. The zero-order chi connectivity index (χ0) is 14.6. The van der Waals surface area contributed by atoms with Gasteiger partial charge in [-0.2, -0.15) is 0 Å². The van der Waals surface area contributed by atoms with Crippen LogP contribution < -0.4 is 10.5 Å². The van der Waals surface area contributed by atoms with E-state index in [4.69, 9.17) is 5.73 Å². The molecule has 2 amide bonds. The second-order valence-corrected chi connectivity index (χ2v) is 6.15. The van der Waals surface area contributed by atoms with E-state index in [9.17, 15) is 9.00 Å². The molecule has 0 saturated carbocycles. The summed E-state index contributed by atoms with van der Waals surface area (Å²) < 4.78 is 19.2. The van der Waals surface area contributed by atoms with E-state index in [2.05, 4.69) is 9.08 Å². The van der Waals surface area contributed by atoms with Gasteiger partial charge in [0.25, 0.3) is 0 Å². The number of urea groups is 1. The highest BCUT2D eigenvalue weighted by molar-refractivity contribution is 7.95. The van der Waals surface area contributed by atoms with Crippen LogP contribution in [0.25, 0.3) is 0 Å². The third kappa shape index (κ3) is 3.36. The van der Waals surface area contributed by atoms with E-state index in [0.29, 0.717) is 10.6 Å². The van der Waals surface area contributed by atoms with Crippen LogP contribution in [0.3, 0.4) is 0 Å². The van der Waals surface area contributed by atoms with Gasteiger partial charge in [0.2, 0.25) is 0 Å². The summed E-state index contributed by atoms with van der Waals surface area (Å²) in [5.41, 5.74) is 6.70. The Kier molecular flexibility index (Phi) is 4.05. The molecule has 2 rings (SSSR count). The standard InChI is InChI=1S/C14H15N3O2S/c1-11-7-9-13(10-8-11)20(19,17-14(15)18)16-12-5-3-2-4-6-12/h2-10H,1H3,(H3,15,16,17,18,19). The van der Waals surface area contributed by atoms with E-state index >= 15 is 0 Å². The molecular weight excluding hydrogens is 274 g/mol. The second-order valence-electron chi connectivity index (χ2n) is 4.24. The molecule has 5 nitrogen and oxygen atoms in total. The van der Waals surface area contributed by atoms with Crippen molar-refractivity contribution in [2.45, 2.75) is 11.8 Å². The summed E-state index contributed by atoms with van der Waals surface area (Å²) in [5, 5.41) is 0. The molecule has 6 heteroatoms. The Morgan fingerprint density at radius 2 is 1.70 bits per heavy atom. The Hall–Kier alpha value is -2.34. The number of hydrogen-bond donors (Lipinski definition) is 2. The van der Waals surface area contributed by atoms with Gasteiger partial charge < -0.3 is 5.73 Å². The van der Waals surface area contributed by atoms with Crippen molar-refractivity contribution in [3.63, 3.8) is 0 Å². The number of nitrogens with one attached hydrogen (secondary N) is 1. The molecule has 0 spiro atoms. The number of primary amides is 1. The van der Waals surface area contributed by atoms with Gasteiger partial charge in [0, 0.05) is 5.69 Å². The zero-order valence-corrected chi connectivity index (χ0v) is 11.8. The highest BCUT2D eigenvalue weighted by Gasteiger charge is 2.14. The molecule has 0 aromatic heterocycles. The Balaban J connectivity index is 2.49. The number of aryl methyl sites for hydroxylation is 1. The second kappa shape index (κ2) is 5.75. The number of rotatable bonds is 3. The van der Waals surface area contributed by atoms with Crippen molar-refractivity contribution >= 4 is 21.6 Å². The maximum Gasteiger partial charge on any atom is 0.348 e. The molecule has 0 aliphatic carbocycles. The van der Waals surface area contributed by atoms with Gasteiger partial charge in [0.15, 0.2) is 9.92 Å². The molecule has 0 radical (unpaired) electrons. The first-order chi connectivity index (χ1) is 9.49. The molecule has 0 heterocycles. The van der Waals surface area contributed by atoms with E-state index < -0.39 is 15.9 Å². The van der Waals surface area contributed by atoms with Crippen LogP contribution in [-0.2, 0) is 9.92 Å². The summed E-state index contributed by atoms with van der Waals surface area (Å²) >= 11 is 0. The fourth-order valence-electron chi connectivity index (χ4n) is 1.65. The number of amides is 2. The Bertz CT molecular complexity index is 718. The number of nitrogens with zero attached hydrogens (tertiary/aromatic N) is 1. The van der Waals surface area contributed by atoms with Crippen LogP contribution in [0, 0.1) is 6.92 Å². The minimum Gasteiger partial charge on any atom is -0.349 e. The molecule has 1 unspecified atom stereocenters. The van der Waals surface area contributed by atoms with Crippen molar-refractivity contribution in [1.82, 2.24) is 0 Å². The molecule has 0 fully saturated rings. The van der Waals surface area contributed by atoms with Crippen LogP contribution in [0.1, 0.15) is 5.56 Å². The Labute approximate surface area is 118 Å². The number of carbonyl (C=O) groups is 1. The van der Waals surface area contributed by atoms with Crippen LogP contribution >= 0.6 is 0 Å². The molecule has 2 aromatic carbocycles. The summed E-state index contributed by atoms with van der Waals surface area (Å²) in [6.07, 6.45) is 0. The fraction of sp³-hybridized carbons (Fsp3) is 0.0714. The van der Waals surface area contributed by atoms with E-state index in [-0.39, 0.29) is 0 Å². The first kappa shape index (κ1) is 14.1. The van der Waals surface area contributed by atoms with Crippen LogP contribution in [0.15, 0.2) is 63.9 Å². The van der Waals surface area contributed by atoms with Crippen molar-refractivity contribution in [1.29, 1.82) is 0 Å². The molecule has 0 saturated heterocycles. The summed E-state index contributed by atoms with van der Waals surface area (Å²) in [7, 11) is -3.14. The molecule has 1 atom stereocenters. The molecular formula is C14H15N3O2S. The van der Waals surface area contributed by atoms with Crippen molar-refractivity contribution < 1.29 is 9.00 Å². The molecule has 0 aliphatic heterocycles. The lowest BCUT2D eigenvalue weighted by Crippen LogP contribution is -2.17. The largest absolute Gasteiger partial charge is 0.349 e. The number of para-hydroxylation sites is 1. The Morgan fingerprint density at radius 3 is 2.25 bits per heavy atom. The number of hydrogen-bond acceptors (Lipinski definition) is 2. The highest BCUT2D eigenvalue weighted by atomic mass is 32.2. The van der Waals surface area contributed by atoms with Crippen molar-refractivity contribution in [2.75, 3.05) is 4.72 Å². The summed E-state index contributed by atoms with van der Waals surface area (Å²) in [6.45, 7) is 1.92. The van der Waals surface area contributed by atoms with Gasteiger partial charge in [-0.25, -0.2) is 9.00 Å². The minimum atomic E-state index is -3.14. The van der Waals surface area contributed by atoms with Gasteiger partial charge in [-0.05, 0) is 31.2 Å². The molecule has 2 aromatic rings. The molecule has 0 bridgehead atoms. The first-order valence-electron chi connectivity index (χ1n) is 5.96. The SMILES string of the molecule is Cc1ccc(S(=O)(=NC(N)=O)Nc2ccccc2)cc1. The Morgan fingerprint density at radius 1 is 1.10 bits per heavy atom. The van der Waals surface area contributed by atoms with Crippen LogP contribution in [-0.4, -0.2) is 10.2 Å². The summed E-state index contributed by atoms with van der Waals surface area (Å²) in [5.74, 6) is 0.